The van der Waals surface area contributed by atoms with Crippen LogP contribution in [0.25, 0.3) is 0 Å². The molecule has 0 saturated carbocycles. The lowest BCUT2D eigenvalue weighted by atomic mass is 10.1. The zero-order chi connectivity index (χ0) is 15.2. The summed E-state index contributed by atoms with van der Waals surface area (Å²) in [6.07, 6.45) is -6.54. The van der Waals surface area contributed by atoms with Crippen molar-refractivity contribution in [2.75, 3.05) is 32.7 Å². The number of hydrogen-bond acceptors (Lipinski definition) is 2. The number of alkyl halides is 6. The highest BCUT2D eigenvalue weighted by Crippen LogP contribution is 2.38. The van der Waals surface area contributed by atoms with E-state index in [0.717, 1.165) is 32.5 Å². The zero-order valence-corrected chi connectivity index (χ0v) is 11.2. The Morgan fingerprint density at radius 2 is 1.45 bits per heavy atom. The Bertz CT molecular complexity index is 256. The van der Waals surface area contributed by atoms with Crippen molar-refractivity contribution in [3.05, 3.63) is 0 Å². The average molecular weight is 306 g/mol. The van der Waals surface area contributed by atoms with Crippen molar-refractivity contribution in [2.24, 2.45) is 5.92 Å². The summed E-state index contributed by atoms with van der Waals surface area (Å²) in [5.74, 6) is -3.29. The van der Waals surface area contributed by atoms with Crippen LogP contribution in [0, 0.1) is 5.92 Å². The van der Waals surface area contributed by atoms with Crippen LogP contribution in [-0.2, 0) is 0 Å². The van der Waals surface area contributed by atoms with E-state index in [4.69, 9.17) is 0 Å². The molecule has 0 atom stereocenters. The maximum absolute atomic E-state index is 12.2. The molecule has 0 spiro atoms. The van der Waals surface area contributed by atoms with Gasteiger partial charge in [0.2, 0.25) is 0 Å². The second kappa shape index (κ2) is 7.49. The van der Waals surface area contributed by atoms with Crippen molar-refractivity contribution in [3.63, 3.8) is 0 Å². The third-order valence-corrected chi connectivity index (χ3v) is 3.42. The Labute approximate surface area is 114 Å². The standard InChI is InChI=1S/C12H20F6N2/c13-11(14,15)10(12(16,17)18)9-19-5-4-8-20-6-2-1-3-7-20/h10,19H,1-9H2. The minimum Gasteiger partial charge on any atom is -0.316 e. The monoisotopic (exact) mass is 306 g/mol. The number of hydrogen-bond donors (Lipinski definition) is 1. The van der Waals surface area contributed by atoms with Crippen LogP contribution in [0.1, 0.15) is 25.7 Å². The molecule has 20 heavy (non-hydrogen) atoms. The smallest absolute Gasteiger partial charge is 0.316 e. The summed E-state index contributed by atoms with van der Waals surface area (Å²) in [5, 5.41) is 2.27. The van der Waals surface area contributed by atoms with Crippen LogP contribution in [-0.4, -0.2) is 50.0 Å². The van der Waals surface area contributed by atoms with E-state index in [9.17, 15) is 26.3 Å². The van der Waals surface area contributed by atoms with Gasteiger partial charge in [0.25, 0.3) is 0 Å². The molecular formula is C12H20F6N2. The minimum atomic E-state index is -5.25. The summed E-state index contributed by atoms with van der Waals surface area (Å²) in [6.45, 7) is 1.71. The number of rotatable bonds is 6. The summed E-state index contributed by atoms with van der Waals surface area (Å²) >= 11 is 0. The molecule has 2 nitrogen and oxygen atoms in total. The maximum Gasteiger partial charge on any atom is 0.401 e. The first-order valence-corrected chi connectivity index (χ1v) is 6.78. The maximum atomic E-state index is 12.2. The molecule has 120 valence electrons. The Hall–Kier alpha value is -0.500. The average Bonchev–Trinajstić information content (AvgIpc) is 2.31. The fourth-order valence-corrected chi connectivity index (χ4v) is 2.27. The Morgan fingerprint density at radius 1 is 0.900 bits per heavy atom. The lowest BCUT2D eigenvalue weighted by Crippen LogP contribution is -2.44. The van der Waals surface area contributed by atoms with E-state index in [1.165, 1.54) is 6.42 Å². The fraction of sp³-hybridized carbons (Fsp3) is 1.00. The van der Waals surface area contributed by atoms with Crippen LogP contribution < -0.4 is 5.32 Å². The molecule has 1 heterocycles. The highest BCUT2D eigenvalue weighted by atomic mass is 19.4. The second-order valence-electron chi connectivity index (χ2n) is 5.10. The first-order valence-electron chi connectivity index (χ1n) is 6.78. The van der Waals surface area contributed by atoms with Crippen molar-refractivity contribution < 1.29 is 26.3 Å². The van der Waals surface area contributed by atoms with Crippen molar-refractivity contribution in [2.45, 2.75) is 38.0 Å². The molecule has 0 aromatic rings. The van der Waals surface area contributed by atoms with E-state index in [2.05, 4.69) is 10.2 Å². The van der Waals surface area contributed by atoms with Gasteiger partial charge < -0.3 is 10.2 Å². The van der Waals surface area contributed by atoms with E-state index in [1.54, 1.807) is 0 Å². The van der Waals surface area contributed by atoms with Gasteiger partial charge >= 0.3 is 12.4 Å². The molecule has 1 N–H and O–H groups in total. The summed E-state index contributed by atoms with van der Waals surface area (Å²) < 4.78 is 73.5. The van der Waals surface area contributed by atoms with Crippen molar-refractivity contribution in [3.8, 4) is 0 Å². The molecule has 1 fully saturated rings. The Morgan fingerprint density at radius 3 is 1.95 bits per heavy atom. The number of nitrogens with one attached hydrogen (secondary N) is 1. The summed E-state index contributed by atoms with van der Waals surface area (Å²) in [4.78, 5) is 2.19. The topological polar surface area (TPSA) is 15.3 Å². The molecule has 0 bridgehead atoms. The molecule has 0 unspecified atom stereocenters. The highest BCUT2D eigenvalue weighted by molar-refractivity contribution is 4.77. The van der Waals surface area contributed by atoms with E-state index in [0.29, 0.717) is 6.42 Å². The van der Waals surface area contributed by atoms with Gasteiger partial charge in [-0.25, -0.2) is 0 Å². The van der Waals surface area contributed by atoms with Crippen LogP contribution in [0.5, 0.6) is 0 Å². The zero-order valence-electron chi connectivity index (χ0n) is 11.2. The normalized spacial score (nSPS) is 18.8. The summed E-state index contributed by atoms with van der Waals surface area (Å²) in [7, 11) is 0. The molecular weight excluding hydrogens is 286 g/mol. The number of piperidine rings is 1. The number of nitrogens with zero attached hydrogens (tertiary/aromatic N) is 1. The molecule has 1 aliphatic rings. The molecule has 0 radical (unpaired) electrons. The van der Waals surface area contributed by atoms with Crippen molar-refractivity contribution >= 4 is 0 Å². The minimum absolute atomic E-state index is 0.166. The number of halogens is 6. The van der Waals surface area contributed by atoms with E-state index >= 15 is 0 Å². The van der Waals surface area contributed by atoms with E-state index < -0.39 is 24.8 Å². The summed E-state index contributed by atoms with van der Waals surface area (Å²) in [6, 6.07) is 0. The molecule has 1 rings (SSSR count). The van der Waals surface area contributed by atoms with Gasteiger partial charge in [-0.1, -0.05) is 6.42 Å². The van der Waals surface area contributed by atoms with Gasteiger partial charge in [0.1, 0.15) is 0 Å². The highest BCUT2D eigenvalue weighted by Gasteiger charge is 2.56. The van der Waals surface area contributed by atoms with Crippen molar-refractivity contribution in [1.82, 2.24) is 10.2 Å². The van der Waals surface area contributed by atoms with Gasteiger partial charge in [0.05, 0.1) is 0 Å². The van der Waals surface area contributed by atoms with Crippen LogP contribution in [0.2, 0.25) is 0 Å². The van der Waals surface area contributed by atoms with Crippen LogP contribution in [0.3, 0.4) is 0 Å². The first-order chi connectivity index (χ1) is 9.21. The van der Waals surface area contributed by atoms with Gasteiger partial charge in [0, 0.05) is 6.54 Å². The predicted molar refractivity (Wildman–Crippen MR) is 63.4 cm³/mol. The van der Waals surface area contributed by atoms with Gasteiger partial charge in [-0.05, 0) is 45.4 Å². The van der Waals surface area contributed by atoms with Gasteiger partial charge in [-0.3, -0.25) is 0 Å². The van der Waals surface area contributed by atoms with Gasteiger partial charge in [-0.2, -0.15) is 26.3 Å². The third-order valence-electron chi connectivity index (χ3n) is 3.42. The molecule has 8 heteroatoms. The van der Waals surface area contributed by atoms with E-state index in [-0.39, 0.29) is 6.54 Å². The molecule has 0 amide bonds. The molecule has 0 aliphatic carbocycles. The largest absolute Gasteiger partial charge is 0.401 e. The predicted octanol–water partition coefficient (Wildman–Crippen LogP) is 3.19. The van der Waals surface area contributed by atoms with Crippen LogP contribution in [0.15, 0.2) is 0 Å². The van der Waals surface area contributed by atoms with Gasteiger partial charge in [0.15, 0.2) is 5.92 Å². The molecule has 0 aromatic heterocycles. The molecule has 1 aliphatic heterocycles. The SMILES string of the molecule is FC(F)(F)C(CNCCCN1CCCCC1)C(F)(F)F. The summed E-state index contributed by atoms with van der Waals surface area (Å²) in [5.41, 5.74) is 0. The lowest BCUT2D eigenvalue weighted by Gasteiger charge is -2.26. The second-order valence-corrected chi connectivity index (χ2v) is 5.10. The Balaban J connectivity index is 2.20. The van der Waals surface area contributed by atoms with E-state index in [1.807, 2.05) is 0 Å². The number of likely N-dealkylation sites (tertiary alicyclic amines) is 1. The van der Waals surface area contributed by atoms with Crippen LogP contribution in [0.4, 0.5) is 26.3 Å². The molecule has 1 saturated heterocycles. The van der Waals surface area contributed by atoms with Crippen molar-refractivity contribution in [1.29, 1.82) is 0 Å². The Kier molecular flexibility index (Phi) is 6.57. The lowest BCUT2D eigenvalue weighted by molar-refractivity contribution is -0.281. The third kappa shape index (κ3) is 6.30. The first kappa shape index (κ1) is 17.6. The van der Waals surface area contributed by atoms with Gasteiger partial charge in [-0.15, -0.1) is 0 Å². The molecule has 0 aromatic carbocycles. The fourth-order valence-electron chi connectivity index (χ4n) is 2.27. The van der Waals surface area contributed by atoms with Crippen LogP contribution >= 0.6 is 0 Å². The quantitative estimate of drug-likeness (QED) is 0.599.